The lowest BCUT2D eigenvalue weighted by Gasteiger charge is -2.24. The van der Waals surface area contributed by atoms with Crippen LogP contribution in [0.15, 0.2) is 91.6 Å². The highest BCUT2D eigenvalue weighted by Gasteiger charge is 2.19. The van der Waals surface area contributed by atoms with Gasteiger partial charge in [0.25, 0.3) is 0 Å². The number of rotatable bonds is 7. The van der Waals surface area contributed by atoms with Crippen LogP contribution in [0.1, 0.15) is 33.3 Å². The molecule has 0 atom stereocenters. The van der Waals surface area contributed by atoms with Crippen molar-refractivity contribution < 1.29 is 4.39 Å². The summed E-state index contributed by atoms with van der Waals surface area (Å²) in [6, 6.07) is 10.8. The van der Waals surface area contributed by atoms with Crippen LogP contribution in [0.25, 0.3) is 50.4 Å². The number of nitrogens with one attached hydrogen (secondary N) is 3. The molecule has 5 aromatic rings. The van der Waals surface area contributed by atoms with Gasteiger partial charge < -0.3 is 10.3 Å². The van der Waals surface area contributed by atoms with Crippen LogP contribution < -0.4 is 5.32 Å². The fourth-order valence-corrected chi connectivity index (χ4v) is 4.17. The third-order valence-electron chi connectivity index (χ3n) is 6.54. The molecule has 0 unspecified atom stereocenters. The van der Waals surface area contributed by atoms with Crippen LogP contribution in [0, 0.1) is 11.2 Å². The van der Waals surface area contributed by atoms with Crippen molar-refractivity contribution in [3.63, 3.8) is 0 Å². The summed E-state index contributed by atoms with van der Waals surface area (Å²) in [5, 5.41) is 11.5. The van der Waals surface area contributed by atoms with E-state index in [1.165, 1.54) is 6.07 Å². The summed E-state index contributed by atoms with van der Waals surface area (Å²) >= 11 is 0. The maximum absolute atomic E-state index is 15.4. The van der Waals surface area contributed by atoms with Gasteiger partial charge in [-0.1, -0.05) is 46.1 Å². The fraction of sp³-hybridized carbons (Fsp3) is 0.161. The van der Waals surface area contributed by atoms with E-state index in [4.69, 9.17) is 4.98 Å². The number of hydrogen-bond acceptors (Lipinski definition) is 5. The molecule has 0 aliphatic heterocycles. The van der Waals surface area contributed by atoms with E-state index in [0.717, 1.165) is 28.0 Å². The maximum atomic E-state index is 15.4. The van der Waals surface area contributed by atoms with Crippen molar-refractivity contribution in [1.29, 1.82) is 0 Å². The number of imidazole rings is 1. The van der Waals surface area contributed by atoms with Crippen molar-refractivity contribution in [2.75, 3.05) is 0 Å². The molecule has 4 aromatic heterocycles. The minimum absolute atomic E-state index is 0.146. The van der Waals surface area contributed by atoms with Crippen LogP contribution in [0.5, 0.6) is 0 Å². The SMILES string of the molecule is C=C/C(=C\C(=C/C)c1cc2c(-c3nc4c(-c5ccccn5)nccc4[nH]3)n[nH]c2cc1F)NC(=C)C(C)(C)C. The van der Waals surface area contributed by atoms with Crippen LogP contribution in [-0.2, 0) is 0 Å². The number of allylic oxidation sites excluding steroid dienone is 5. The number of pyridine rings is 2. The van der Waals surface area contributed by atoms with Crippen molar-refractivity contribution in [2.24, 2.45) is 5.41 Å². The van der Waals surface area contributed by atoms with E-state index in [0.29, 0.717) is 39.4 Å². The third kappa shape index (κ3) is 5.01. The van der Waals surface area contributed by atoms with Crippen molar-refractivity contribution >= 4 is 27.5 Å². The lowest BCUT2D eigenvalue weighted by atomic mass is 9.92. The first-order chi connectivity index (χ1) is 18.7. The predicted octanol–water partition coefficient (Wildman–Crippen LogP) is 7.32. The largest absolute Gasteiger partial charge is 0.359 e. The molecule has 0 amide bonds. The van der Waals surface area contributed by atoms with Gasteiger partial charge in [-0.3, -0.25) is 15.1 Å². The summed E-state index contributed by atoms with van der Waals surface area (Å²) in [4.78, 5) is 17.1. The average molecular weight is 520 g/mol. The minimum atomic E-state index is -0.369. The molecule has 0 aliphatic carbocycles. The Bertz CT molecular complexity index is 1770. The number of nitrogens with zero attached hydrogens (tertiary/aromatic N) is 4. The molecule has 5 rings (SSSR count). The molecule has 196 valence electrons. The molecular weight excluding hydrogens is 489 g/mol. The van der Waals surface area contributed by atoms with Gasteiger partial charge in [0.1, 0.15) is 22.7 Å². The van der Waals surface area contributed by atoms with E-state index in [1.54, 1.807) is 24.5 Å². The molecule has 0 spiro atoms. The van der Waals surface area contributed by atoms with E-state index in [9.17, 15) is 0 Å². The number of hydrogen-bond donors (Lipinski definition) is 3. The summed E-state index contributed by atoms with van der Waals surface area (Å²) in [7, 11) is 0. The smallest absolute Gasteiger partial charge is 0.159 e. The highest BCUT2D eigenvalue weighted by molar-refractivity contribution is 5.97. The standard InChI is InChI=1S/C31H30FN7/c1-7-19(15-20(8-2)35-18(3)31(4,5)6)21-16-22-26(17-23(21)32)38-39-27(22)30-36-25-12-14-34-28(29(25)37-30)24-11-9-10-13-33-24/h7-17,35H,2-3H2,1,4-6H3,(H,36,37)(H,38,39)/b19-7+,20-15+. The van der Waals surface area contributed by atoms with Crippen LogP contribution in [0.3, 0.4) is 0 Å². The second kappa shape index (κ2) is 10.1. The Morgan fingerprint density at radius 1 is 1.05 bits per heavy atom. The fourth-order valence-electron chi connectivity index (χ4n) is 4.17. The van der Waals surface area contributed by atoms with Crippen molar-refractivity contribution in [1.82, 2.24) is 35.5 Å². The lowest BCUT2D eigenvalue weighted by Crippen LogP contribution is -2.22. The Balaban J connectivity index is 1.58. The number of halogens is 1. The van der Waals surface area contributed by atoms with Gasteiger partial charge in [-0.25, -0.2) is 9.37 Å². The first-order valence-electron chi connectivity index (χ1n) is 12.6. The van der Waals surface area contributed by atoms with Crippen LogP contribution in [-0.4, -0.2) is 30.1 Å². The van der Waals surface area contributed by atoms with Gasteiger partial charge in [0.05, 0.1) is 16.7 Å². The number of fused-ring (bicyclic) bond motifs is 2. The minimum Gasteiger partial charge on any atom is -0.359 e. The molecule has 0 saturated heterocycles. The van der Waals surface area contributed by atoms with E-state index in [-0.39, 0.29) is 11.2 Å². The van der Waals surface area contributed by atoms with Crippen LogP contribution in [0.2, 0.25) is 0 Å². The zero-order valence-corrected chi connectivity index (χ0v) is 22.4. The second-order valence-electron chi connectivity index (χ2n) is 10.2. The van der Waals surface area contributed by atoms with Crippen LogP contribution >= 0.6 is 0 Å². The summed E-state index contributed by atoms with van der Waals surface area (Å²) in [6.07, 6.45) is 8.86. The number of H-pyrrole nitrogens is 2. The molecule has 0 radical (unpaired) electrons. The van der Waals surface area contributed by atoms with Crippen molar-refractivity contribution in [3.05, 3.63) is 103 Å². The van der Waals surface area contributed by atoms with Crippen molar-refractivity contribution in [3.8, 4) is 22.9 Å². The Hall–Kier alpha value is -4.85. The summed E-state index contributed by atoms with van der Waals surface area (Å²) in [6.45, 7) is 16.1. The molecule has 39 heavy (non-hydrogen) atoms. The normalized spacial score (nSPS) is 12.7. The Labute approximate surface area is 226 Å². The molecule has 4 heterocycles. The first-order valence-corrected chi connectivity index (χ1v) is 12.6. The highest BCUT2D eigenvalue weighted by atomic mass is 19.1. The predicted molar refractivity (Wildman–Crippen MR) is 156 cm³/mol. The van der Waals surface area contributed by atoms with Gasteiger partial charge in [0, 0.05) is 46.2 Å². The molecular formula is C31H30FN7. The van der Waals surface area contributed by atoms with Gasteiger partial charge >= 0.3 is 0 Å². The topological polar surface area (TPSA) is 95.2 Å². The number of aromatic nitrogens is 6. The molecule has 8 heteroatoms. The lowest BCUT2D eigenvalue weighted by molar-refractivity contribution is 0.478. The van der Waals surface area contributed by atoms with E-state index in [1.807, 2.05) is 43.3 Å². The molecule has 0 saturated carbocycles. The van der Waals surface area contributed by atoms with Gasteiger partial charge in [-0.05, 0) is 48.9 Å². The zero-order valence-electron chi connectivity index (χ0n) is 22.4. The Morgan fingerprint density at radius 2 is 1.87 bits per heavy atom. The van der Waals surface area contributed by atoms with Gasteiger partial charge in [0.2, 0.25) is 0 Å². The van der Waals surface area contributed by atoms with Crippen molar-refractivity contribution in [2.45, 2.75) is 27.7 Å². The van der Waals surface area contributed by atoms with E-state index < -0.39 is 0 Å². The third-order valence-corrected chi connectivity index (χ3v) is 6.54. The first kappa shape index (κ1) is 25.8. The summed E-state index contributed by atoms with van der Waals surface area (Å²) < 4.78 is 15.4. The average Bonchev–Trinajstić information content (AvgIpc) is 3.54. The summed E-state index contributed by atoms with van der Waals surface area (Å²) in [5.41, 5.74) is 6.57. The highest BCUT2D eigenvalue weighted by Crippen LogP contribution is 2.33. The van der Waals surface area contributed by atoms with Crippen LogP contribution in [0.4, 0.5) is 4.39 Å². The molecule has 3 N–H and O–H groups in total. The zero-order chi connectivity index (χ0) is 27.7. The van der Waals surface area contributed by atoms with E-state index >= 15 is 4.39 Å². The Morgan fingerprint density at radius 3 is 2.56 bits per heavy atom. The van der Waals surface area contributed by atoms with Gasteiger partial charge in [-0.2, -0.15) is 5.10 Å². The Kier molecular flexibility index (Phi) is 6.70. The molecule has 0 fully saturated rings. The van der Waals surface area contributed by atoms with Gasteiger partial charge in [-0.15, -0.1) is 0 Å². The molecule has 1 aromatic carbocycles. The van der Waals surface area contributed by atoms with Gasteiger partial charge in [0.15, 0.2) is 5.82 Å². The molecule has 0 aliphatic rings. The molecule has 0 bridgehead atoms. The quantitative estimate of drug-likeness (QED) is 0.196. The second-order valence-corrected chi connectivity index (χ2v) is 10.2. The van der Waals surface area contributed by atoms with E-state index in [2.05, 4.69) is 64.4 Å². The monoisotopic (exact) mass is 519 g/mol. The molecule has 7 nitrogen and oxygen atoms in total. The number of aromatic amines is 2. The maximum Gasteiger partial charge on any atom is 0.159 e. The summed E-state index contributed by atoms with van der Waals surface area (Å²) in [5.74, 6) is 0.179. The number of benzene rings is 1.